The van der Waals surface area contributed by atoms with Crippen molar-refractivity contribution in [3.05, 3.63) is 53.1 Å². The van der Waals surface area contributed by atoms with E-state index < -0.39 is 0 Å². The summed E-state index contributed by atoms with van der Waals surface area (Å²) in [4.78, 5) is 4.31. The van der Waals surface area contributed by atoms with E-state index in [0.29, 0.717) is 23.1 Å². The molecule has 0 saturated carbocycles. The van der Waals surface area contributed by atoms with Crippen molar-refractivity contribution in [1.29, 1.82) is 0 Å². The van der Waals surface area contributed by atoms with Gasteiger partial charge in [0, 0.05) is 33.2 Å². The fraction of sp³-hybridized carbons (Fsp3) is 0.0625. The van der Waals surface area contributed by atoms with Gasteiger partial charge >= 0.3 is 0 Å². The number of hydrogen-bond donors (Lipinski definition) is 1. The Hall–Kier alpha value is -2.27. The van der Waals surface area contributed by atoms with Crippen molar-refractivity contribution in [2.75, 3.05) is 12.8 Å². The summed E-state index contributed by atoms with van der Waals surface area (Å²) in [6.45, 7) is 0. The normalized spacial score (nSPS) is 10.6. The molecule has 0 amide bonds. The molecule has 0 aliphatic heterocycles. The average Bonchev–Trinajstić information content (AvgIpc) is 2.49. The van der Waals surface area contributed by atoms with Crippen LogP contribution in [0.2, 0.25) is 0 Å². The number of nitrogens with two attached hydrogens (primary N) is 1. The summed E-state index contributed by atoms with van der Waals surface area (Å²) >= 11 is 3.53. The minimum Gasteiger partial charge on any atom is -0.493 e. The number of nitrogen functional groups attached to an aromatic ring is 1. The maximum absolute atomic E-state index is 5.91. The number of benzene rings is 2. The van der Waals surface area contributed by atoms with Gasteiger partial charge in [0.05, 0.1) is 7.11 Å². The van der Waals surface area contributed by atoms with E-state index in [9.17, 15) is 0 Å². The second-order valence-corrected chi connectivity index (χ2v) is 5.32. The van der Waals surface area contributed by atoms with Crippen molar-refractivity contribution in [2.24, 2.45) is 0 Å². The molecule has 1 aromatic heterocycles. The van der Waals surface area contributed by atoms with E-state index >= 15 is 0 Å². The van der Waals surface area contributed by atoms with Gasteiger partial charge < -0.3 is 15.2 Å². The molecule has 21 heavy (non-hydrogen) atoms. The highest BCUT2D eigenvalue weighted by molar-refractivity contribution is 9.10. The van der Waals surface area contributed by atoms with Crippen LogP contribution in [0.25, 0.3) is 10.8 Å². The molecule has 0 saturated heterocycles. The van der Waals surface area contributed by atoms with Gasteiger partial charge in [0.25, 0.3) is 0 Å². The van der Waals surface area contributed by atoms with E-state index in [1.807, 2.05) is 24.3 Å². The molecule has 3 aromatic rings. The third kappa shape index (κ3) is 2.64. The number of aromatic nitrogens is 1. The van der Waals surface area contributed by atoms with Gasteiger partial charge in [-0.05, 0) is 30.3 Å². The Labute approximate surface area is 130 Å². The molecule has 1 heterocycles. The number of pyridine rings is 1. The van der Waals surface area contributed by atoms with Crippen molar-refractivity contribution < 1.29 is 9.47 Å². The second kappa shape index (κ2) is 5.61. The third-order valence-corrected chi connectivity index (χ3v) is 3.80. The molecule has 0 spiro atoms. The predicted octanol–water partition coefficient (Wildman–Crippen LogP) is 4.38. The van der Waals surface area contributed by atoms with Gasteiger partial charge in [0.1, 0.15) is 0 Å². The molecule has 0 unspecified atom stereocenters. The maximum Gasteiger partial charge on any atom is 0.227 e. The van der Waals surface area contributed by atoms with Crippen LogP contribution in [0.4, 0.5) is 5.69 Å². The summed E-state index contributed by atoms with van der Waals surface area (Å²) < 4.78 is 12.2. The molecule has 0 bridgehead atoms. The lowest BCUT2D eigenvalue weighted by molar-refractivity contribution is 0.376. The van der Waals surface area contributed by atoms with Crippen molar-refractivity contribution in [1.82, 2.24) is 4.98 Å². The molecule has 106 valence electrons. The summed E-state index contributed by atoms with van der Waals surface area (Å²) in [7, 11) is 1.59. The number of hydrogen-bond acceptors (Lipinski definition) is 4. The Morgan fingerprint density at radius 3 is 2.71 bits per heavy atom. The van der Waals surface area contributed by atoms with Crippen LogP contribution in [0.1, 0.15) is 0 Å². The number of methoxy groups -OCH3 is 1. The fourth-order valence-electron chi connectivity index (χ4n) is 2.10. The van der Waals surface area contributed by atoms with Crippen LogP contribution in [0.15, 0.2) is 53.1 Å². The Kier molecular flexibility index (Phi) is 3.66. The van der Waals surface area contributed by atoms with Crippen LogP contribution in [0.3, 0.4) is 0 Å². The van der Waals surface area contributed by atoms with Gasteiger partial charge in [-0.15, -0.1) is 0 Å². The topological polar surface area (TPSA) is 57.4 Å². The molecule has 0 aliphatic rings. The quantitative estimate of drug-likeness (QED) is 0.716. The number of rotatable bonds is 3. The van der Waals surface area contributed by atoms with E-state index in [4.69, 9.17) is 15.2 Å². The van der Waals surface area contributed by atoms with E-state index in [1.165, 1.54) is 0 Å². The van der Waals surface area contributed by atoms with Crippen LogP contribution >= 0.6 is 15.9 Å². The van der Waals surface area contributed by atoms with Crippen molar-refractivity contribution in [3.8, 4) is 17.4 Å². The molecule has 0 aliphatic carbocycles. The Bertz CT molecular complexity index is 805. The number of nitrogens with zero attached hydrogens (tertiary/aromatic N) is 1. The highest BCUT2D eigenvalue weighted by Gasteiger charge is 2.11. The van der Waals surface area contributed by atoms with Crippen LogP contribution in [0, 0.1) is 0 Å². The van der Waals surface area contributed by atoms with Crippen LogP contribution < -0.4 is 15.2 Å². The minimum atomic E-state index is 0.512. The zero-order valence-corrected chi connectivity index (χ0v) is 12.9. The van der Waals surface area contributed by atoms with E-state index in [1.54, 1.807) is 31.5 Å². The van der Waals surface area contributed by atoms with E-state index in [0.717, 1.165) is 15.2 Å². The first kappa shape index (κ1) is 13.7. The summed E-state index contributed by atoms with van der Waals surface area (Å²) in [6.07, 6.45) is 1.71. The Morgan fingerprint density at radius 1 is 1.05 bits per heavy atom. The largest absolute Gasteiger partial charge is 0.493 e. The zero-order valence-electron chi connectivity index (χ0n) is 11.3. The lowest BCUT2D eigenvalue weighted by Gasteiger charge is -2.12. The maximum atomic E-state index is 5.91. The zero-order chi connectivity index (χ0) is 14.8. The lowest BCUT2D eigenvalue weighted by atomic mass is 10.2. The van der Waals surface area contributed by atoms with E-state index in [-0.39, 0.29) is 0 Å². The van der Waals surface area contributed by atoms with Gasteiger partial charge in [0.2, 0.25) is 5.88 Å². The molecule has 0 atom stereocenters. The Morgan fingerprint density at radius 2 is 1.90 bits per heavy atom. The number of ether oxygens (including phenoxy) is 2. The van der Waals surface area contributed by atoms with Crippen molar-refractivity contribution in [2.45, 2.75) is 0 Å². The Balaban J connectivity index is 2.11. The molecule has 4 nitrogen and oxygen atoms in total. The lowest BCUT2D eigenvalue weighted by Crippen LogP contribution is -1.95. The molecule has 2 aromatic carbocycles. The fourth-order valence-corrected chi connectivity index (χ4v) is 2.60. The number of anilines is 1. The van der Waals surface area contributed by atoms with Gasteiger partial charge in [-0.25, -0.2) is 4.98 Å². The molecule has 5 heteroatoms. The first-order valence-corrected chi connectivity index (χ1v) is 7.13. The molecule has 2 N–H and O–H groups in total. The SMILES string of the molecule is COc1ccc(N)cc1Oc1nccc2c(Br)cccc12. The van der Waals surface area contributed by atoms with Crippen molar-refractivity contribution >= 4 is 32.4 Å². The second-order valence-electron chi connectivity index (χ2n) is 4.46. The molecule has 3 rings (SSSR count). The monoisotopic (exact) mass is 344 g/mol. The van der Waals surface area contributed by atoms with Crippen LogP contribution in [-0.2, 0) is 0 Å². The summed E-state index contributed by atoms with van der Waals surface area (Å²) in [6, 6.07) is 13.1. The van der Waals surface area contributed by atoms with Gasteiger partial charge in [-0.1, -0.05) is 22.0 Å². The first-order chi connectivity index (χ1) is 10.2. The van der Waals surface area contributed by atoms with Crippen LogP contribution in [-0.4, -0.2) is 12.1 Å². The minimum absolute atomic E-state index is 0.512. The highest BCUT2D eigenvalue weighted by Crippen LogP contribution is 2.36. The molecule has 0 radical (unpaired) electrons. The third-order valence-electron chi connectivity index (χ3n) is 3.11. The van der Waals surface area contributed by atoms with Gasteiger partial charge in [-0.2, -0.15) is 0 Å². The standard InChI is InChI=1S/C16H13BrN2O2/c1-20-14-6-5-10(18)9-15(14)21-16-12-3-2-4-13(17)11(12)7-8-19-16/h2-9H,18H2,1H3. The summed E-state index contributed by atoms with van der Waals surface area (Å²) in [5, 5.41) is 1.95. The average molecular weight is 345 g/mol. The predicted molar refractivity (Wildman–Crippen MR) is 86.9 cm³/mol. The van der Waals surface area contributed by atoms with Crippen LogP contribution in [0.5, 0.6) is 17.4 Å². The summed E-state index contributed by atoms with van der Waals surface area (Å²) in [5.41, 5.74) is 6.41. The molecular weight excluding hydrogens is 332 g/mol. The van der Waals surface area contributed by atoms with Crippen molar-refractivity contribution in [3.63, 3.8) is 0 Å². The molecular formula is C16H13BrN2O2. The van der Waals surface area contributed by atoms with E-state index in [2.05, 4.69) is 20.9 Å². The number of halogens is 1. The smallest absolute Gasteiger partial charge is 0.227 e. The van der Waals surface area contributed by atoms with Gasteiger partial charge in [-0.3, -0.25) is 0 Å². The number of fused-ring (bicyclic) bond motifs is 1. The highest BCUT2D eigenvalue weighted by atomic mass is 79.9. The molecule has 0 fully saturated rings. The first-order valence-electron chi connectivity index (χ1n) is 6.33. The summed E-state index contributed by atoms with van der Waals surface area (Å²) in [5.74, 6) is 1.66. The van der Waals surface area contributed by atoms with Gasteiger partial charge in [0.15, 0.2) is 11.5 Å².